The average molecular weight is 328 g/mol. The van der Waals surface area contributed by atoms with Crippen molar-refractivity contribution in [3.8, 4) is 11.5 Å². The van der Waals surface area contributed by atoms with Gasteiger partial charge < -0.3 is 9.73 Å². The molecule has 0 bridgehead atoms. The molecule has 0 fully saturated rings. The Balaban J connectivity index is 1.91. The first-order valence-corrected chi connectivity index (χ1v) is 9.19. The van der Waals surface area contributed by atoms with Crippen LogP contribution in [0.5, 0.6) is 0 Å². The molecule has 2 aromatic rings. The Bertz CT molecular complexity index is 608. The van der Waals surface area contributed by atoms with Gasteiger partial charge in [-0.05, 0) is 36.5 Å². The molecule has 1 aromatic carbocycles. The molecule has 0 aliphatic rings. The number of hydrogen-bond donors (Lipinski definition) is 1. The van der Waals surface area contributed by atoms with E-state index < -0.39 is 0 Å². The number of nitrogens with zero attached hydrogens (tertiary/aromatic N) is 1. The normalized spacial score (nSPS) is 13.2. The molecule has 0 radical (unpaired) electrons. The van der Waals surface area contributed by atoms with Gasteiger partial charge in [-0.3, -0.25) is 0 Å². The zero-order valence-electron chi connectivity index (χ0n) is 15.9. The molecule has 24 heavy (non-hydrogen) atoms. The molecular weight excluding hydrogens is 296 g/mol. The van der Waals surface area contributed by atoms with Gasteiger partial charge in [0.15, 0.2) is 0 Å². The molecule has 1 N–H and O–H groups in total. The number of hydrogen-bond acceptors (Lipinski definition) is 3. The van der Waals surface area contributed by atoms with E-state index in [0.717, 1.165) is 17.8 Å². The summed E-state index contributed by atoms with van der Waals surface area (Å²) in [7, 11) is 0. The SMILES string of the molecule is CCCCCC(C)NCc1coc(-c2ccc(C(C)(C)C)cc2)n1. The lowest BCUT2D eigenvalue weighted by Gasteiger charge is -2.18. The molecule has 132 valence electrons. The molecule has 1 aromatic heterocycles. The van der Waals surface area contributed by atoms with Crippen molar-refractivity contribution in [2.45, 2.75) is 78.3 Å². The van der Waals surface area contributed by atoms with Crippen LogP contribution < -0.4 is 5.32 Å². The van der Waals surface area contributed by atoms with Gasteiger partial charge in [-0.2, -0.15) is 0 Å². The second-order valence-electron chi connectivity index (χ2n) is 7.75. The summed E-state index contributed by atoms with van der Waals surface area (Å²) in [5, 5.41) is 3.53. The molecule has 1 unspecified atom stereocenters. The van der Waals surface area contributed by atoms with Gasteiger partial charge in [0.25, 0.3) is 0 Å². The largest absolute Gasteiger partial charge is 0.444 e. The van der Waals surface area contributed by atoms with Crippen molar-refractivity contribution in [2.75, 3.05) is 0 Å². The van der Waals surface area contributed by atoms with Gasteiger partial charge in [0.1, 0.15) is 6.26 Å². The zero-order chi connectivity index (χ0) is 17.6. The molecule has 1 atom stereocenters. The Labute approximate surface area is 146 Å². The van der Waals surface area contributed by atoms with Gasteiger partial charge in [-0.25, -0.2) is 4.98 Å². The first kappa shape index (κ1) is 18.7. The molecule has 0 amide bonds. The van der Waals surface area contributed by atoms with Crippen LogP contribution in [0.2, 0.25) is 0 Å². The summed E-state index contributed by atoms with van der Waals surface area (Å²) in [5.74, 6) is 0.700. The van der Waals surface area contributed by atoms with Gasteiger partial charge in [0.05, 0.1) is 5.69 Å². The minimum Gasteiger partial charge on any atom is -0.444 e. The van der Waals surface area contributed by atoms with Gasteiger partial charge in [-0.15, -0.1) is 0 Å². The molecule has 0 aliphatic heterocycles. The summed E-state index contributed by atoms with van der Waals surface area (Å²) in [6, 6.07) is 9.02. The van der Waals surface area contributed by atoms with E-state index in [9.17, 15) is 0 Å². The minimum atomic E-state index is 0.165. The Hall–Kier alpha value is -1.61. The van der Waals surface area contributed by atoms with E-state index in [0.29, 0.717) is 11.9 Å². The first-order chi connectivity index (χ1) is 11.4. The third-order valence-electron chi connectivity index (χ3n) is 4.42. The number of nitrogens with one attached hydrogen (secondary N) is 1. The second-order valence-corrected chi connectivity index (χ2v) is 7.75. The Morgan fingerprint density at radius 2 is 1.83 bits per heavy atom. The Kier molecular flexibility index (Phi) is 6.61. The predicted molar refractivity (Wildman–Crippen MR) is 101 cm³/mol. The fourth-order valence-electron chi connectivity index (χ4n) is 2.71. The van der Waals surface area contributed by atoms with Crippen LogP contribution in [0, 0.1) is 0 Å². The Morgan fingerprint density at radius 1 is 1.12 bits per heavy atom. The van der Waals surface area contributed by atoms with Gasteiger partial charge in [-0.1, -0.05) is 59.1 Å². The van der Waals surface area contributed by atoms with Gasteiger partial charge in [0.2, 0.25) is 5.89 Å². The lowest BCUT2D eigenvalue weighted by atomic mass is 9.87. The van der Waals surface area contributed by atoms with Crippen LogP contribution in [0.1, 0.15) is 71.6 Å². The highest BCUT2D eigenvalue weighted by molar-refractivity contribution is 5.54. The van der Waals surface area contributed by atoms with Crippen LogP contribution in [-0.2, 0) is 12.0 Å². The average Bonchev–Trinajstić information content (AvgIpc) is 3.01. The summed E-state index contributed by atoms with van der Waals surface area (Å²) in [5.41, 5.74) is 3.48. The number of aromatic nitrogens is 1. The van der Waals surface area contributed by atoms with E-state index >= 15 is 0 Å². The summed E-state index contributed by atoms with van der Waals surface area (Å²) in [6.45, 7) is 11.9. The summed E-state index contributed by atoms with van der Waals surface area (Å²) >= 11 is 0. The molecule has 0 aliphatic carbocycles. The molecule has 0 saturated heterocycles. The summed E-state index contributed by atoms with van der Waals surface area (Å²) < 4.78 is 5.66. The van der Waals surface area contributed by atoms with Crippen LogP contribution in [-0.4, -0.2) is 11.0 Å². The minimum absolute atomic E-state index is 0.165. The molecule has 0 saturated carbocycles. The maximum atomic E-state index is 5.66. The monoisotopic (exact) mass is 328 g/mol. The molecule has 3 nitrogen and oxygen atoms in total. The maximum Gasteiger partial charge on any atom is 0.226 e. The van der Waals surface area contributed by atoms with Crippen LogP contribution in [0.25, 0.3) is 11.5 Å². The van der Waals surface area contributed by atoms with Crippen LogP contribution in [0.4, 0.5) is 0 Å². The van der Waals surface area contributed by atoms with E-state index in [2.05, 4.69) is 69.2 Å². The number of unbranched alkanes of at least 4 members (excludes halogenated alkanes) is 2. The van der Waals surface area contributed by atoms with E-state index in [4.69, 9.17) is 4.42 Å². The van der Waals surface area contributed by atoms with Crippen molar-refractivity contribution in [3.63, 3.8) is 0 Å². The molecule has 3 heteroatoms. The van der Waals surface area contributed by atoms with E-state index in [1.807, 2.05) is 0 Å². The van der Waals surface area contributed by atoms with Crippen LogP contribution in [0.3, 0.4) is 0 Å². The lowest BCUT2D eigenvalue weighted by molar-refractivity contribution is 0.483. The Morgan fingerprint density at radius 3 is 2.46 bits per heavy atom. The quantitative estimate of drug-likeness (QED) is 0.632. The standard InChI is InChI=1S/C21H32N2O/c1-6-7-8-9-16(2)22-14-19-15-24-20(23-19)17-10-12-18(13-11-17)21(3,4)5/h10-13,15-16,22H,6-9,14H2,1-5H3. The predicted octanol–water partition coefficient (Wildman–Crippen LogP) is 5.70. The van der Waals surface area contributed by atoms with Gasteiger partial charge >= 0.3 is 0 Å². The van der Waals surface area contributed by atoms with E-state index in [1.54, 1.807) is 6.26 Å². The molecule has 2 rings (SSSR count). The summed E-state index contributed by atoms with van der Waals surface area (Å²) in [6.07, 6.45) is 6.85. The lowest BCUT2D eigenvalue weighted by Crippen LogP contribution is -2.25. The fraction of sp³-hybridized carbons (Fsp3) is 0.571. The topological polar surface area (TPSA) is 38.1 Å². The zero-order valence-corrected chi connectivity index (χ0v) is 15.9. The molecule has 0 spiro atoms. The van der Waals surface area contributed by atoms with Crippen LogP contribution >= 0.6 is 0 Å². The van der Waals surface area contributed by atoms with Crippen molar-refractivity contribution in [2.24, 2.45) is 0 Å². The first-order valence-electron chi connectivity index (χ1n) is 9.19. The van der Waals surface area contributed by atoms with Crippen molar-refractivity contribution >= 4 is 0 Å². The number of oxazole rings is 1. The van der Waals surface area contributed by atoms with Crippen molar-refractivity contribution in [1.82, 2.24) is 10.3 Å². The smallest absolute Gasteiger partial charge is 0.226 e. The molecule has 1 heterocycles. The van der Waals surface area contributed by atoms with Crippen molar-refractivity contribution in [3.05, 3.63) is 41.8 Å². The number of rotatable bonds is 8. The fourth-order valence-corrected chi connectivity index (χ4v) is 2.71. The number of benzene rings is 1. The highest BCUT2D eigenvalue weighted by Gasteiger charge is 2.14. The van der Waals surface area contributed by atoms with Crippen molar-refractivity contribution < 1.29 is 4.42 Å². The second kappa shape index (κ2) is 8.48. The molecular formula is C21H32N2O. The third kappa shape index (κ3) is 5.48. The highest BCUT2D eigenvalue weighted by Crippen LogP contribution is 2.25. The van der Waals surface area contributed by atoms with Gasteiger partial charge in [0, 0.05) is 18.2 Å². The maximum absolute atomic E-state index is 5.66. The van der Waals surface area contributed by atoms with Crippen LogP contribution in [0.15, 0.2) is 34.9 Å². The van der Waals surface area contributed by atoms with E-state index in [-0.39, 0.29) is 5.41 Å². The highest BCUT2D eigenvalue weighted by atomic mass is 16.3. The van der Waals surface area contributed by atoms with Crippen molar-refractivity contribution in [1.29, 1.82) is 0 Å². The van der Waals surface area contributed by atoms with E-state index in [1.165, 1.54) is 31.2 Å². The third-order valence-corrected chi connectivity index (χ3v) is 4.42. The summed E-state index contributed by atoms with van der Waals surface area (Å²) in [4.78, 5) is 4.61.